The van der Waals surface area contributed by atoms with Crippen LogP contribution in [-0.4, -0.2) is 55.1 Å². The van der Waals surface area contributed by atoms with E-state index in [0.717, 1.165) is 50.0 Å². The van der Waals surface area contributed by atoms with Gasteiger partial charge in [-0.05, 0) is 12.5 Å². The second-order valence-electron chi connectivity index (χ2n) is 11.7. The molecule has 0 radical (unpaired) electrons. The molecular formula is C32H63N2O+. The van der Waals surface area contributed by atoms with Crippen molar-refractivity contribution in [1.29, 1.82) is 0 Å². The van der Waals surface area contributed by atoms with Crippen LogP contribution in [0.1, 0.15) is 148 Å². The molecule has 206 valence electrons. The van der Waals surface area contributed by atoms with Gasteiger partial charge in [0.2, 0.25) is 5.91 Å². The molecule has 0 N–H and O–H groups in total. The summed E-state index contributed by atoms with van der Waals surface area (Å²) in [5, 5.41) is 0. The predicted octanol–water partition coefficient (Wildman–Crippen LogP) is 9.06. The third-order valence-corrected chi connectivity index (χ3v) is 8.24. The van der Waals surface area contributed by atoms with Gasteiger partial charge in [-0.25, -0.2) is 0 Å². The number of likely N-dealkylation sites (N-methyl/N-ethyl adjacent to an activating group) is 1. The summed E-state index contributed by atoms with van der Waals surface area (Å²) < 4.78 is 1.03. The van der Waals surface area contributed by atoms with Gasteiger partial charge in [0.05, 0.1) is 39.8 Å². The van der Waals surface area contributed by atoms with E-state index < -0.39 is 0 Å². The van der Waals surface area contributed by atoms with E-state index in [1.54, 1.807) is 0 Å². The fraction of sp³-hybridized carbons (Fsp3) is 0.906. The molecule has 0 aromatic rings. The summed E-state index contributed by atoms with van der Waals surface area (Å²) in [5.41, 5.74) is 0. The Bertz CT molecular complexity index is 496. The van der Waals surface area contributed by atoms with Crippen molar-refractivity contribution in [2.75, 3.05) is 39.8 Å². The molecule has 0 atom stereocenters. The van der Waals surface area contributed by atoms with Gasteiger partial charge in [0.25, 0.3) is 0 Å². The van der Waals surface area contributed by atoms with Crippen LogP contribution in [0.15, 0.2) is 12.7 Å². The minimum absolute atomic E-state index is 0.382. The van der Waals surface area contributed by atoms with Crippen molar-refractivity contribution in [2.45, 2.75) is 148 Å². The summed E-state index contributed by atoms with van der Waals surface area (Å²) in [6.07, 6.45) is 32.2. The van der Waals surface area contributed by atoms with Gasteiger partial charge in [-0.15, -0.1) is 0 Å². The minimum Gasteiger partial charge on any atom is -0.331 e. The maximum atomic E-state index is 12.5. The molecule has 1 aliphatic rings. The van der Waals surface area contributed by atoms with E-state index in [9.17, 15) is 4.79 Å². The number of carbonyl (C=O) groups excluding carboxylic acids is 1. The topological polar surface area (TPSA) is 20.3 Å². The molecule has 0 aromatic carbocycles. The first-order valence-corrected chi connectivity index (χ1v) is 15.8. The van der Waals surface area contributed by atoms with Crippen molar-refractivity contribution in [3.8, 4) is 0 Å². The highest BCUT2D eigenvalue weighted by Gasteiger charge is 2.29. The number of quaternary nitrogens is 1. The molecule has 1 saturated heterocycles. The van der Waals surface area contributed by atoms with Crippen molar-refractivity contribution in [2.24, 2.45) is 0 Å². The smallest absolute Gasteiger partial charge is 0.222 e. The number of nitrogens with zero attached hydrogens (tertiary/aromatic N) is 2. The Morgan fingerprint density at radius 3 is 1.34 bits per heavy atom. The number of unbranched alkanes of at least 4 members (excludes halogenated alkanes) is 20. The standard InChI is InChI=1S/C32H63N2O/c1-4-6-7-8-9-10-11-12-13-14-15-16-17-18-19-20-21-22-23-24-25-26-32(35)33-27-30-34(3,29-5-2)31-28-33/h5H,2,4,6-31H2,1,3H3/q+1. The molecule has 0 spiro atoms. The van der Waals surface area contributed by atoms with E-state index in [1.807, 2.05) is 6.08 Å². The third-order valence-electron chi connectivity index (χ3n) is 8.24. The predicted molar refractivity (Wildman–Crippen MR) is 155 cm³/mol. The number of hydrogen-bond donors (Lipinski definition) is 0. The molecule has 3 heteroatoms. The van der Waals surface area contributed by atoms with Crippen LogP contribution >= 0.6 is 0 Å². The molecule has 1 aliphatic heterocycles. The van der Waals surface area contributed by atoms with E-state index in [2.05, 4.69) is 25.5 Å². The fourth-order valence-corrected chi connectivity index (χ4v) is 5.56. The highest BCUT2D eigenvalue weighted by Crippen LogP contribution is 2.16. The highest BCUT2D eigenvalue weighted by atomic mass is 16.2. The zero-order valence-corrected chi connectivity index (χ0v) is 24.2. The Labute approximate surface area is 220 Å². The van der Waals surface area contributed by atoms with Crippen molar-refractivity contribution in [3.05, 3.63) is 12.7 Å². The summed E-state index contributed by atoms with van der Waals surface area (Å²) in [6, 6.07) is 0. The average Bonchev–Trinajstić information content (AvgIpc) is 2.85. The molecule has 1 heterocycles. The van der Waals surface area contributed by atoms with E-state index in [0.29, 0.717) is 5.91 Å². The lowest BCUT2D eigenvalue weighted by molar-refractivity contribution is -0.907. The van der Waals surface area contributed by atoms with E-state index in [4.69, 9.17) is 0 Å². The fourth-order valence-electron chi connectivity index (χ4n) is 5.56. The Kier molecular flexibility index (Phi) is 20.6. The SMILES string of the molecule is C=CC[N+]1(C)CCN(C(=O)CCCCCCCCCCCCCCCCCCCCCCC)CC1. The molecule has 35 heavy (non-hydrogen) atoms. The van der Waals surface area contributed by atoms with Crippen LogP contribution in [0.3, 0.4) is 0 Å². The quantitative estimate of drug-likeness (QED) is 0.0749. The largest absolute Gasteiger partial charge is 0.331 e. The Hall–Kier alpha value is -0.830. The molecule has 1 fully saturated rings. The molecule has 0 saturated carbocycles. The van der Waals surface area contributed by atoms with Gasteiger partial charge in [0.15, 0.2) is 0 Å². The van der Waals surface area contributed by atoms with Crippen LogP contribution in [0, 0.1) is 0 Å². The first kappa shape index (κ1) is 32.2. The lowest BCUT2D eigenvalue weighted by atomic mass is 10.0. The Morgan fingerprint density at radius 2 is 1.00 bits per heavy atom. The Morgan fingerprint density at radius 1 is 0.657 bits per heavy atom. The molecule has 0 aliphatic carbocycles. The summed E-state index contributed by atoms with van der Waals surface area (Å²) in [4.78, 5) is 14.6. The molecular weight excluding hydrogens is 428 g/mol. The maximum absolute atomic E-state index is 12.5. The molecule has 0 bridgehead atoms. The van der Waals surface area contributed by atoms with E-state index in [-0.39, 0.29) is 0 Å². The number of carbonyl (C=O) groups is 1. The monoisotopic (exact) mass is 491 g/mol. The highest BCUT2D eigenvalue weighted by molar-refractivity contribution is 5.76. The van der Waals surface area contributed by atoms with Crippen LogP contribution in [0.5, 0.6) is 0 Å². The van der Waals surface area contributed by atoms with Crippen molar-refractivity contribution in [1.82, 2.24) is 4.90 Å². The van der Waals surface area contributed by atoms with Crippen LogP contribution in [0.2, 0.25) is 0 Å². The van der Waals surface area contributed by atoms with Crippen LogP contribution in [-0.2, 0) is 4.79 Å². The summed E-state index contributed by atoms with van der Waals surface area (Å²) >= 11 is 0. The normalized spacial score (nSPS) is 15.4. The van der Waals surface area contributed by atoms with Crippen LogP contribution < -0.4 is 0 Å². The van der Waals surface area contributed by atoms with Gasteiger partial charge >= 0.3 is 0 Å². The van der Waals surface area contributed by atoms with Gasteiger partial charge < -0.3 is 9.38 Å². The van der Waals surface area contributed by atoms with E-state index in [1.165, 1.54) is 128 Å². The summed E-state index contributed by atoms with van der Waals surface area (Å²) in [7, 11) is 2.28. The lowest BCUT2D eigenvalue weighted by Crippen LogP contribution is -2.58. The first-order valence-electron chi connectivity index (χ1n) is 15.8. The second-order valence-corrected chi connectivity index (χ2v) is 11.7. The van der Waals surface area contributed by atoms with Gasteiger partial charge in [0.1, 0.15) is 0 Å². The van der Waals surface area contributed by atoms with Crippen molar-refractivity contribution in [3.63, 3.8) is 0 Å². The van der Waals surface area contributed by atoms with Crippen LogP contribution in [0.25, 0.3) is 0 Å². The zero-order chi connectivity index (χ0) is 25.5. The molecule has 0 aromatic heterocycles. The lowest BCUT2D eigenvalue weighted by Gasteiger charge is -2.41. The van der Waals surface area contributed by atoms with Gasteiger partial charge in [-0.3, -0.25) is 4.79 Å². The molecule has 1 rings (SSSR count). The van der Waals surface area contributed by atoms with Crippen molar-refractivity contribution >= 4 is 5.91 Å². The van der Waals surface area contributed by atoms with Gasteiger partial charge in [-0.2, -0.15) is 0 Å². The average molecular weight is 492 g/mol. The number of hydrogen-bond acceptors (Lipinski definition) is 1. The van der Waals surface area contributed by atoms with Gasteiger partial charge in [0, 0.05) is 6.42 Å². The summed E-state index contributed by atoms with van der Waals surface area (Å²) in [5.74, 6) is 0.382. The number of rotatable bonds is 24. The third kappa shape index (κ3) is 18.1. The number of amides is 1. The second kappa shape index (κ2) is 22.4. The van der Waals surface area contributed by atoms with Crippen LogP contribution in [0.4, 0.5) is 0 Å². The first-order chi connectivity index (χ1) is 17.1. The van der Waals surface area contributed by atoms with Crippen molar-refractivity contribution < 1.29 is 9.28 Å². The molecule has 3 nitrogen and oxygen atoms in total. The maximum Gasteiger partial charge on any atom is 0.222 e. The van der Waals surface area contributed by atoms with Gasteiger partial charge in [-0.1, -0.05) is 142 Å². The molecule has 1 amide bonds. The number of piperazine rings is 1. The van der Waals surface area contributed by atoms with E-state index >= 15 is 0 Å². The molecule has 0 unspecified atom stereocenters. The minimum atomic E-state index is 0.382. The Balaban J connectivity index is 1.76. The summed E-state index contributed by atoms with van der Waals surface area (Å²) in [6.45, 7) is 11.2. The zero-order valence-electron chi connectivity index (χ0n) is 24.2.